The Morgan fingerprint density at radius 2 is 1.97 bits per heavy atom. The Balaban J connectivity index is 1.30. The molecule has 0 saturated heterocycles. The van der Waals surface area contributed by atoms with Crippen LogP contribution in [0.15, 0.2) is 53.9 Å². The fourth-order valence-electron chi connectivity index (χ4n) is 2.80. The summed E-state index contributed by atoms with van der Waals surface area (Å²) in [6.45, 7) is 1.85. The summed E-state index contributed by atoms with van der Waals surface area (Å²) in [7, 11) is 0. The molecule has 0 atom stereocenters. The maximum absolute atomic E-state index is 12.2. The average molecular weight is 407 g/mol. The highest BCUT2D eigenvalue weighted by Crippen LogP contribution is 2.24. The lowest BCUT2D eigenvalue weighted by Gasteiger charge is -2.09. The summed E-state index contributed by atoms with van der Waals surface area (Å²) < 4.78 is 5.57. The minimum absolute atomic E-state index is 0.116. The number of carbonyl (C=O) groups is 2. The Kier molecular flexibility index (Phi) is 5.57. The van der Waals surface area contributed by atoms with Crippen molar-refractivity contribution in [3.63, 3.8) is 0 Å². The molecule has 4 rings (SSSR count). The highest BCUT2D eigenvalue weighted by molar-refractivity contribution is 7.09. The Hall–Kier alpha value is -3.19. The van der Waals surface area contributed by atoms with Crippen LogP contribution in [0.3, 0.4) is 0 Å². The summed E-state index contributed by atoms with van der Waals surface area (Å²) in [6, 6.07) is 14.7. The van der Waals surface area contributed by atoms with Gasteiger partial charge in [-0.25, -0.2) is 4.98 Å². The minimum atomic E-state index is -0.288. The van der Waals surface area contributed by atoms with E-state index in [0.29, 0.717) is 23.0 Å². The molecule has 0 radical (unpaired) electrons. The van der Waals surface area contributed by atoms with Crippen LogP contribution in [0.5, 0.6) is 5.75 Å². The van der Waals surface area contributed by atoms with Crippen LogP contribution in [0, 0.1) is 6.92 Å². The van der Waals surface area contributed by atoms with E-state index in [2.05, 4.69) is 15.6 Å². The molecule has 2 aromatic carbocycles. The molecule has 2 N–H and O–H groups in total. The molecule has 1 heterocycles. The van der Waals surface area contributed by atoms with E-state index >= 15 is 0 Å². The van der Waals surface area contributed by atoms with Gasteiger partial charge in [0.05, 0.1) is 10.7 Å². The van der Waals surface area contributed by atoms with Gasteiger partial charge in [-0.15, -0.1) is 11.3 Å². The molecule has 1 saturated carbocycles. The van der Waals surface area contributed by atoms with Crippen molar-refractivity contribution in [2.75, 3.05) is 11.9 Å². The van der Waals surface area contributed by atoms with Crippen molar-refractivity contribution in [1.29, 1.82) is 0 Å². The maximum Gasteiger partial charge on any atom is 0.262 e. The van der Waals surface area contributed by atoms with Crippen molar-refractivity contribution in [2.45, 2.75) is 25.8 Å². The number of nitrogens with zero attached hydrogens (tertiary/aromatic N) is 1. The third-order valence-corrected chi connectivity index (χ3v) is 5.23. The predicted octanol–water partition coefficient (Wildman–Crippen LogP) is 4.03. The van der Waals surface area contributed by atoms with Gasteiger partial charge in [0.1, 0.15) is 5.75 Å². The molecule has 1 aromatic heterocycles. The average Bonchev–Trinajstić information content (AvgIpc) is 3.44. The third kappa shape index (κ3) is 5.20. The molecule has 1 aliphatic carbocycles. The summed E-state index contributed by atoms with van der Waals surface area (Å²) in [5.74, 6) is 0.201. The molecule has 1 aliphatic rings. The second-order valence-corrected chi connectivity index (χ2v) is 8.00. The van der Waals surface area contributed by atoms with Gasteiger partial charge in [-0.1, -0.05) is 6.07 Å². The summed E-state index contributed by atoms with van der Waals surface area (Å²) in [5.41, 5.74) is 3.04. The van der Waals surface area contributed by atoms with Gasteiger partial charge in [-0.3, -0.25) is 9.59 Å². The van der Waals surface area contributed by atoms with Crippen molar-refractivity contribution in [3.8, 4) is 17.0 Å². The highest BCUT2D eigenvalue weighted by Gasteiger charge is 2.23. The number of nitrogens with one attached hydrogen (secondary N) is 2. The number of rotatable bonds is 7. The molecule has 3 aromatic rings. The van der Waals surface area contributed by atoms with Gasteiger partial charge in [-0.2, -0.15) is 0 Å². The van der Waals surface area contributed by atoms with Gasteiger partial charge in [0.25, 0.3) is 11.8 Å². The molecule has 0 spiro atoms. The molecule has 0 bridgehead atoms. The van der Waals surface area contributed by atoms with Crippen LogP contribution in [0.2, 0.25) is 0 Å². The zero-order valence-electron chi connectivity index (χ0n) is 16.0. The smallest absolute Gasteiger partial charge is 0.262 e. The molecule has 1 fully saturated rings. The predicted molar refractivity (Wildman–Crippen MR) is 113 cm³/mol. The quantitative estimate of drug-likeness (QED) is 0.620. The van der Waals surface area contributed by atoms with Crippen LogP contribution in [-0.4, -0.2) is 29.4 Å². The summed E-state index contributed by atoms with van der Waals surface area (Å²) >= 11 is 1.61. The zero-order valence-corrected chi connectivity index (χ0v) is 16.8. The lowest BCUT2D eigenvalue weighted by Crippen LogP contribution is -2.25. The van der Waals surface area contributed by atoms with Crippen molar-refractivity contribution in [1.82, 2.24) is 10.3 Å². The van der Waals surface area contributed by atoms with E-state index in [1.54, 1.807) is 35.6 Å². The van der Waals surface area contributed by atoms with E-state index in [1.165, 1.54) is 0 Å². The van der Waals surface area contributed by atoms with Crippen LogP contribution < -0.4 is 15.4 Å². The van der Waals surface area contributed by atoms with E-state index in [9.17, 15) is 9.59 Å². The SMILES string of the molecule is Cc1nc(-c2ccc(OCC(=O)Nc3cccc(C(=O)NC4CC4)c3)cc2)cs1. The van der Waals surface area contributed by atoms with Crippen molar-refractivity contribution in [3.05, 3.63) is 64.5 Å². The Bertz CT molecular complexity index is 1030. The van der Waals surface area contributed by atoms with E-state index in [1.807, 2.05) is 36.6 Å². The van der Waals surface area contributed by atoms with Gasteiger partial charge in [-0.05, 0) is 62.2 Å². The number of ether oxygens (including phenoxy) is 1. The van der Waals surface area contributed by atoms with Gasteiger partial charge >= 0.3 is 0 Å². The monoisotopic (exact) mass is 407 g/mol. The molecular weight excluding hydrogens is 386 g/mol. The van der Waals surface area contributed by atoms with Gasteiger partial charge in [0.2, 0.25) is 0 Å². The molecule has 0 unspecified atom stereocenters. The fourth-order valence-corrected chi connectivity index (χ4v) is 3.42. The first kappa shape index (κ1) is 19.1. The summed E-state index contributed by atoms with van der Waals surface area (Å²) in [4.78, 5) is 28.8. The topological polar surface area (TPSA) is 80.3 Å². The standard InChI is InChI=1S/C22H21N3O3S/c1-14-23-20(13-29-14)15-5-9-19(10-6-15)28-12-21(26)24-18-4-2-3-16(11-18)22(27)25-17-7-8-17/h2-6,9-11,13,17H,7-8,12H2,1H3,(H,24,26)(H,25,27). The third-order valence-electron chi connectivity index (χ3n) is 4.46. The molecule has 2 amide bonds. The second-order valence-electron chi connectivity index (χ2n) is 6.94. The minimum Gasteiger partial charge on any atom is -0.484 e. The number of carbonyl (C=O) groups excluding carboxylic acids is 2. The zero-order chi connectivity index (χ0) is 20.2. The first-order chi connectivity index (χ1) is 14.1. The Labute approximate surface area is 172 Å². The van der Waals surface area contributed by atoms with Crippen molar-refractivity contribution < 1.29 is 14.3 Å². The number of aryl methyl sites for hydroxylation is 1. The molecular formula is C22H21N3O3S. The van der Waals surface area contributed by atoms with E-state index in [-0.39, 0.29) is 18.4 Å². The fraction of sp³-hybridized carbons (Fsp3) is 0.227. The van der Waals surface area contributed by atoms with Crippen LogP contribution in [-0.2, 0) is 4.79 Å². The first-order valence-corrected chi connectivity index (χ1v) is 10.3. The number of hydrogen-bond donors (Lipinski definition) is 2. The van der Waals surface area contributed by atoms with Gasteiger partial charge in [0.15, 0.2) is 6.61 Å². The number of aromatic nitrogens is 1. The van der Waals surface area contributed by atoms with Crippen LogP contribution in [0.1, 0.15) is 28.2 Å². The molecule has 6 nitrogen and oxygen atoms in total. The second kappa shape index (κ2) is 8.45. The van der Waals surface area contributed by atoms with Crippen molar-refractivity contribution >= 4 is 28.8 Å². The highest BCUT2D eigenvalue weighted by atomic mass is 32.1. The van der Waals surface area contributed by atoms with Crippen LogP contribution in [0.4, 0.5) is 5.69 Å². The van der Waals surface area contributed by atoms with Crippen LogP contribution in [0.25, 0.3) is 11.3 Å². The lowest BCUT2D eigenvalue weighted by molar-refractivity contribution is -0.118. The maximum atomic E-state index is 12.2. The molecule has 29 heavy (non-hydrogen) atoms. The summed E-state index contributed by atoms with van der Waals surface area (Å²) in [5, 5.41) is 8.73. The van der Waals surface area contributed by atoms with E-state index in [0.717, 1.165) is 29.1 Å². The number of amides is 2. The molecule has 7 heteroatoms. The number of hydrogen-bond acceptors (Lipinski definition) is 5. The molecule has 148 valence electrons. The van der Waals surface area contributed by atoms with E-state index in [4.69, 9.17) is 4.74 Å². The van der Waals surface area contributed by atoms with E-state index < -0.39 is 0 Å². The van der Waals surface area contributed by atoms with Gasteiger partial charge < -0.3 is 15.4 Å². The first-order valence-electron chi connectivity index (χ1n) is 9.43. The van der Waals surface area contributed by atoms with Crippen molar-refractivity contribution in [2.24, 2.45) is 0 Å². The van der Waals surface area contributed by atoms with Gasteiger partial charge in [0, 0.05) is 28.2 Å². The number of anilines is 1. The Morgan fingerprint density at radius 3 is 2.66 bits per heavy atom. The number of thiazole rings is 1. The lowest BCUT2D eigenvalue weighted by atomic mass is 10.2. The Morgan fingerprint density at radius 1 is 1.17 bits per heavy atom. The summed E-state index contributed by atoms with van der Waals surface area (Å²) in [6.07, 6.45) is 2.06. The normalized spacial score (nSPS) is 13.0. The molecule has 0 aliphatic heterocycles. The number of benzene rings is 2. The van der Waals surface area contributed by atoms with Crippen LogP contribution >= 0.6 is 11.3 Å². The largest absolute Gasteiger partial charge is 0.484 e.